The van der Waals surface area contributed by atoms with Crippen LogP contribution in [0.15, 0.2) is 30.3 Å². The molecular weight excluding hydrogens is 234 g/mol. The fraction of sp³-hybridized carbons (Fsp3) is 0.647. The minimum absolute atomic E-state index is 0.153. The third kappa shape index (κ3) is 2.56. The summed E-state index contributed by atoms with van der Waals surface area (Å²) in [7, 11) is 0. The Balaban J connectivity index is 2.42. The molecule has 2 heteroatoms. The van der Waals surface area contributed by atoms with E-state index in [1.165, 1.54) is 25.7 Å². The average molecular weight is 261 g/mol. The van der Waals surface area contributed by atoms with Crippen molar-refractivity contribution in [3.63, 3.8) is 0 Å². The van der Waals surface area contributed by atoms with E-state index in [2.05, 4.69) is 6.92 Å². The second-order valence-corrected chi connectivity index (χ2v) is 5.98. The molecule has 1 saturated carbocycles. The third-order valence-electron chi connectivity index (χ3n) is 5.09. The zero-order valence-corrected chi connectivity index (χ0v) is 12.1. The van der Waals surface area contributed by atoms with Gasteiger partial charge < -0.3 is 10.8 Å². The van der Waals surface area contributed by atoms with E-state index >= 15 is 0 Å². The Morgan fingerprint density at radius 1 is 1.11 bits per heavy atom. The molecule has 0 amide bonds. The van der Waals surface area contributed by atoms with Gasteiger partial charge in [-0.2, -0.15) is 0 Å². The fourth-order valence-corrected chi connectivity index (χ4v) is 3.79. The Kier molecular flexibility index (Phi) is 4.64. The first-order valence-corrected chi connectivity index (χ1v) is 7.66. The van der Waals surface area contributed by atoms with Gasteiger partial charge >= 0.3 is 0 Å². The molecule has 19 heavy (non-hydrogen) atoms. The first-order chi connectivity index (χ1) is 9.18. The van der Waals surface area contributed by atoms with Gasteiger partial charge in [0, 0.05) is 12.0 Å². The minimum atomic E-state index is -0.784. The number of nitrogens with two attached hydrogens (primary N) is 1. The molecule has 1 atom stereocenters. The highest BCUT2D eigenvalue weighted by atomic mass is 16.3. The maximum Gasteiger partial charge on any atom is 0.0961 e. The molecule has 0 aliphatic heterocycles. The quantitative estimate of drug-likeness (QED) is 0.814. The lowest BCUT2D eigenvalue weighted by Gasteiger charge is -2.47. The van der Waals surface area contributed by atoms with Crippen LogP contribution < -0.4 is 5.73 Å². The number of benzene rings is 1. The molecule has 1 aromatic rings. The van der Waals surface area contributed by atoms with Crippen LogP contribution in [-0.2, 0) is 5.60 Å². The van der Waals surface area contributed by atoms with Crippen molar-refractivity contribution in [2.75, 3.05) is 6.54 Å². The van der Waals surface area contributed by atoms with Crippen molar-refractivity contribution in [3.8, 4) is 0 Å². The van der Waals surface area contributed by atoms with Gasteiger partial charge in [0.05, 0.1) is 5.60 Å². The van der Waals surface area contributed by atoms with Crippen molar-refractivity contribution in [2.24, 2.45) is 11.1 Å². The predicted octanol–water partition coefficient (Wildman–Crippen LogP) is 3.58. The summed E-state index contributed by atoms with van der Waals surface area (Å²) in [5, 5.41) is 11.4. The van der Waals surface area contributed by atoms with E-state index in [1.54, 1.807) is 0 Å². The second-order valence-electron chi connectivity index (χ2n) is 5.98. The topological polar surface area (TPSA) is 46.2 Å². The van der Waals surface area contributed by atoms with Crippen LogP contribution in [-0.4, -0.2) is 11.7 Å². The van der Waals surface area contributed by atoms with Crippen molar-refractivity contribution >= 4 is 0 Å². The summed E-state index contributed by atoms with van der Waals surface area (Å²) in [5.74, 6) is 0. The Morgan fingerprint density at radius 2 is 1.68 bits per heavy atom. The van der Waals surface area contributed by atoms with Crippen molar-refractivity contribution in [2.45, 2.75) is 57.5 Å². The van der Waals surface area contributed by atoms with Gasteiger partial charge in [-0.05, 0) is 24.8 Å². The zero-order valence-electron chi connectivity index (χ0n) is 12.1. The SMILES string of the molecule is CCC(O)(c1ccccc1)C1(CN)CCCCCC1. The molecule has 2 nitrogen and oxygen atoms in total. The van der Waals surface area contributed by atoms with Gasteiger partial charge in [0.2, 0.25) is 0 Å². The maximum atomic E-state index is 11.4. The summed E-state index contributed by atoms with van der Waals surface area (Å²) in [4.78, 5) is 0. The molecule has 0 saturated heterocycles. The first-order valence-electron chi connectivity index (χ1n) is 7.66. The number of hydrogen-bond donors (Lipinski definition) is 2. The molecule has 0 heterocycles. The maximum absolute atomic E-state index is 11.4. The second kappa shape index (κ2) is 6.06. The van der Waals surface area contributed by atoms with Crippen LogP contribution in [0.2, 0.25) is 0 Å². The number of rotatable bonds is 4. The molecule has 0 spiro atoms. The van der Waals surface area contributed by atoms with Gasteiger partial charge in [-0.1, -0.05) is 62.9 Å². The van der Waals surface area contributed by atoms with E-state index in [1.807, 2.05) is 30.3 Å². The van der Waals surface area contributed by atoms with Gasteiger partial charge in [0.25, 0.3) is 0 Å². The molecule has 0 radical (unpaired) electrons. The molecule has 0 bridgehead atoms. The van der Waals surface area contributed by atoms with Crippen LogP contribution in [0.5, 0.6) is 0 Å². The molecule has 1 unspecified atom stereocenters. The number of hydrogen-bond acceptors (Lipinski definition) is 2. The highest BCUT2D eigenvalue weighted by Gasteiger charge is 2.48. The Hall–Kier alpha value is -0.860. The van der Waals surface area contributed by atoms with Crippen LogP contribution in [0.4, 0.5) is 0 Å². The van der Waals surface area contributed by atoms with Gasteiger partial charge in [0.15, 0.2) is 0 Å². The molecule has 1 fully saturated rings. The summed E-state index contributed by atoms with van der Waals surface area (Å²) >= 11 is 0. The van der Waals surface area contributed by atoms with E-state index in [0.29, 0.717) is 6.54 Å². The van der Waals surface area contributed by atoms with Crippen molar-refractivity contribution in [3.05, 3.63) is 35.9 Å². The lowest BCUT2D eigenvalue weighted by Crippen LogP contribution is -2.50. The summed E-state index contributed by atoms with van der Waals surface area (Å²) < 4.78 is 0. The molecule has 1 aromatic carbocycles. The molecule has 106 valence electrons. The van der Waals surface area contributed by atoms with Gasteiger partial charge in [-0.3, -0.25) is 0 Å². The molecule has 2 rings (SSSR count). The minimum Gasteiger partial charge on any atom is -0.385 e. The van der Waals surface area contributed by atoms with Gasteiger partial charge in [-0.15, -0.1) is 0 Å². The summed E-state index contributed by atoms with van der Waals surface area (Å²) in [6, 6.07) is 10.1. The van der Waals surface area contributed by atoms with Gasteiger partial charge in [0.1, 0.15) is 0 Å². The Morgan fingerprint density at radius 3 is 2.16 bits per heavy atom. The molecule has 1 aliphatic rings. The van der Waals surface area contributed by atoms with E-state index in [4.69, 9.17) is 5.73 Å². The van der Waals surface area contributed by atoms with Crippen molar-refractivity contribution < 1.29 is 5.11 Å². The molecular formula is C17H27NO. The normalized spacial score (nSPS) is 22.5. The van der Waals surface area contributed by atoms with E-state index in [-0.39, 0.29) is 5.41 Å². The first kappa shape index (κ1) is 14.5. The fourth-order valence-electron chi connectivity index (χ4n) is 3.79. The number of aliphatic hydroxyl groups is 1. The summed E-state index contributed by atoms with van der Waals surface area (Å²) in [6.45, 7) is 2.65. The van der Waals surface area contributed by atoms with E-state index in [9.17, 15) is 5.11 Å². The van der Waals surface area contributed by atoms with Crippen molar-refractivity contribution in [1.29, 1.82) is 0 Å². The predicted molar refractivity (Wildman–Crippen MR) is 79.8 cm³/mol. The third-order valence-corrected chi connectivity index (χ3v) is 5.09. The largest absolute Gasteiger partial charge is 0.385 e. The molecule has 3 N–H and O–H groups in total. The van der Waals surface area contributed by atoms with Crippen molar-refractivity contribution in [1.82, 2.24) is 0 Å². The highest BCUT2D eigenvalue weighted by molar-refractivity contribution is 5.26. The van der Waals surface area contributed by atoms with Crippen LogP contribution in [0.1, 0.15) is 57.4 Å². The van der Waals surface area contributed by atoms with Crippen LogP contribution in [0.3, 0.4) is 0 Å². The Bertz CT molecular complexity index is 382. The van der Waals surface area contributed by atoms with E-state index < -0.39 is 5.60 Å². The van der Waals surface area contributed by atoms with Crippen LogP contribution >= 0.6 is 0 Å². The lowest BCUT2D eigenvalue weighted by molar-refractivity contribution is -0.0995. The standard InChI is InChI=1S/C17H27NO/c1-2-17(19,15-10-6-5-7-11-15)16(14-18)12-8-3-4-9-13-16/h5-7,10-11,19H,2-4,8-9,12-14,18H2,1H3. The highest BCUT2D eigenvalue weighted by Crippen LogP contribution is 2.50. The van der Waals surface area contributed by atoms with Crippen LogP contribution in [0.25, 0.3) is 0 Å². The Labute approximate surface area is 117 Å². The summed E-state index contributed by atoms with van der Waals surface area (Å²) in [6.07, 6.45) is 7.74. The molecule has 0 aromatic heterocycles. The lowest BCUT2D eigenvalue weighted by atomic mass is 9.63. The zero-order chi connectivity index (χ0) is 13.8. The van der Waals surface area contributed by atoms with Gasteiger partial charge in [-0.25, -0.2) is 0 Å². The monoisotopic (exact) mass is 261 g/mol. The summed E-state index contributed by atoms with van der Waals surface area (Å²) in [5.41, 5.74) is 6.24. The van der Waals surface area contributed by atoms with Crippen LogP contribution in [0, 0.1) is 5.41 Å². The average Bonchev–Trinajstić information content (AvgIpc) is 2.74. The molecule has 1 aliphatic carbocycles. The van der Waals surface area contributed by atoms with E-state index in [0.717, 1.165) is 24.8 Å². The smallest absolute Gasteiger partial charge is 0.0961 e.